The number of carboxylic acid groups (broad SMARTS) is 2. The first-order chi connectivity index (χ1) is 17.7. The molecule has 11 heteroatoms. The lowest BCUT2D eigenvalue weighted by atomic mass is 9.78. The zero-order valence-electron chi connectivity index (χ0n) is 19.6. The molecule has 1 heterocycles. The van der Waals surface area contributed by atoms with Crippen LogP contribution in [0, 0.1) is 5.82 Å². The monoisotopic (exact) mass is 506 g/mol. The number of hydrogen-bond acceptors (Lipinski definition) is 8. The predicted octanol–water partition coefficient (Wildman–Crippen LogP) is 3.37. The van der Waals surface area contributed by atoms with Gasteiger partial charge >= 0.3 is 11.9 Å². The second-order valence-corrected chi connectivity index (χ2v) is 8.12. The number of nitrogens with zero attached hydrogens (tertiary/aromatic N) is 1. The number of nitrogens with one attached hydrogen (secondary N) is 2. The van der Waals surface area contributed by atoms with Gasteiger partial charge < -0.3 is 31.3 Å². The zero-order valence-corrected chi connectivity index (χ0v) is 19.6. The Labute approximate surface area is 210 Å². The minimum atomic E-state index is -1.44. The number of carboxylic acids is 2. The van der Waals surface area contributed by atoms with Crippen molar-refractivity contribution in [3.05, 3.63) is 88.4 Å². The van der Waals surface area contributed by atoms with E-state index in [4.69, 9.17) is 15.6 Å². The quantitative estimate of drug-likeness (QED) is 0.165. The molecule has 0 aliphatic heterocycles. The number of fused-ring (bicyclic) bond motifs is 1. The number of ketones is 1. The number of aromatic carboxylic acids is 1. The van der Waals surface area contributed by atoms with Gasteiger partial charge in [0, 0.05) is 30.8 Å². The van der Waals surface area contributed by atoms with Crippen LogP contribution in [0.3, 0.4) is 0 Å². The number of anilines is 3. The van der Waals surface area contributed by atoms with E-state index in [1.54, 1.807) is 30.3 Å². The molecule has 0 bridgehead atoms. The molecule has 190 valence electrons. The third kappa shape index (κ3) is 4.79. The number of ether oxygens (including phenoxy) is 1. The lowest BCUT2D eigenvalue weighted by Crippen LogP contribution is -2.25. The van der Waals surface area contributed by atoms with Crippen LogP contribution in [0.2, 0.25) is 0 Å². The summed E-state index contributed by atoms with van der Waals surface area (Å²) in [5.74, 6) is -4.63. The highest BCUT2D eigenvalue weighted by Crippen LogP contribution is 2.48. The number of aliphatic carboxylic acids is 1. The highest BCUT2D eigenvalue weighted by molar-refractivity contribution is 6.27. The van der Waals surface area contributed by atoms with Gasteiger partial charge in [0.1, 0.15) is 22.8 Å². The second-order valence-electron chi connectivity index (χ2n) is 8.12. The Kier molecular flexibility index (Phi) is 7.05. The summed E-state index contributed by atoms with van der Waals surface area (Å²) in [5.41, 5.74) is 5.76. The molecule has 10 nitrogen and oxygen atoms in total. The van der Waals surface area contributed by atoms with Crippen LogP contribution < -0.4 is 21.1 Å². The van der Waals surface area contributed by atoms with Crippen molar-refractivity contribution in [3.63, 3.8) is 0 Å². The average Bonchev–Trinajstić information content (AvgIpc) is 2.89. The van der Waals surface area contributed by atoms with Gasteiger partial charge in [-0.05, 0) is 17.7 Å². The maximum atomic E-state index is 15.5. The fraction of sp³-hybridized carbons (Fsp3) is 0.154. The summed E-state index contributed by atoms with van der Waals surface area (Å²) in [4.78, 5) is 39.8. The predicted molar refractivity (Wildman–Crippen MR) is 134 cm³/mol. The summed E-state index contributed by atoms with van der Waals surface area (Å²) in [7, 11) is 1.32. The normalized spacial score (nSPS) is 14.4. The number of pyridine rings is 1. The molecule has 2 aromatic carbocycles. The molecule has 4 rings (SSSR count). The summed E-state index contributed by atoms with van der Waals surface area (Å²) < 4.78 is 21.0. The van der Waals surface area contributed by atoms with E-state index < -0.39 is 40.7 Å². The van der Waals surface area contributed by atoms with Crippen molar-refractivity contribution < 1.29 is 33.7 Å². The summed E-state index contributed by atoms with van der Waals surface area (Å²) >= 11 is 0. The Bertz CT molecular complexity index is 1410. The first kappa shape index (κ1) is 25.2. The zero-order chi connectivity index (χ0) is 26.7. The number of carbonyl (C=O) groups is 3. The standard InChI is InChI=1S/C26H23FN4O6/c1-37-24-18-15(13-5-3-2-4-6-13)11-16(26(35)36)23(32)19(18)21(28)20(27)22(24)30-10-9-29-17-8-7-14(12-31-17)25(33)34/h2-8,11-12,15,30H,9-10,28H2,1H3,(H,29,31)(H,33,34)(H,35,36). The maximum absolute atomic E-state index is 15.5. The molecule has 0 saturated carbocycles. The van der Waals surface area contributed by atoms with Crippen LogP contribution in [-0.2, 0) is 4.79 Å². The first-order valence-corrected chi connectivity index (χ1v) is 11.1. The molecule has 1 unspecified atom stereocenters. The molecule has 1 atom stereocenters. The number of Topliss-reactive ketones (excluding diaryl/α,β-unsaturated/α-hetero) is 1. The van der Waals surface area contributed by atoms with E-state index in [2.05, 4.69) is 15.6 Å². The van der Waals surface area contributed by atoms with E-state index in [0.717, 1.165) is 0 Å². The van der Waals surface area contributed by atoms with E-state index in [1.807, 2.05) is 0 Å². The molecule has 0 saturated heterocycles. The molecule has 1 aliphatic carbocycles. The number of rotatable bonds is 9. The molecule has 0 spiro atoms. The minimum absolute atomic E-state index is 0.0357. The van der Waals surface area contributed by atoms with Crippen molar-refractivity contribution >= 4 is 34.9 Å². The second kappa shape index (κ2) is 10.4. The number of carbonyl (C=O) groups excluding carboxylic acids is 1. The maximum Gasteiger partial charge on any atom is 0.339 e. The largest absolute Gasteiger partial charge is 0.494 e. The average molecular weight is 506 g/mol. The number of halogens is 1. The molecular formula is C26H23FN4O6. The van der Waals surface area contributed by atoms with Crippen LogP contribution in [0.1, 0.15) is 37.8 Å². The number of nitrogens with two attached hydrogens (primary N) is 1. The van der Waals surface area contributed by atoms with Gasteiger partial charge in [-0.25, -0.2) is 19.0 Å². The lowest BCUT2D eigenvalue weighted by Gasteiger charge is -2.28. The van der Waals surface area contributed by atoms with Crippen LogP contribution >= 0.6 is 0 Å². The Morgan fingerprint density at radius 3 is 2.38 bits per heavy atom. The molecule has 1 aliphatic rings. The van der Waals surface area contributed by atoms with Crippen LogP contribution in [0.5, 0.6) is 5.75 Å². The fourth-order valence-electron chi connectivity index (χ4n) is 4.20. The van der Waals surface area contributed by atoms with Crippen molar-refractivity contribution in [2.24, 2.45) is 0 Å². The van der Waals surface area contributed by atoms with Gasteiger partial charge in [-0.1, -0.05) is 36.4 Å². The third-order valence-electron chi connectivity index (χ3n) is 5.92. The molecule has 3 aromatic rings. The number of benzene rings is 2. The van der Waals surface area contributed by atoms with Crippen molar-refractivity contribution in [2.45, 2.75) is 5.92 Å². The Morgan fingerprint density at radius 2 is 1.78 bits per heavy atom. The number of methoxy groups -OCH3 is 1. The van der Waals surface area contributed by atoms with Gasteiger partial charge in [0.05, 0.1) is 23.9 Å². The SMILES string of the molecule is COc1c(NCCNc2ccc(C(=O)O)cn2)c(F)c(N)c2c1C(c1ccccc1)C=C(C(=O)O)C2=O. The first-order valence-electron chi connectivity index (χ1n) is 11.1. The van der Waals surface area contributed by atoms with Crippen LogP contribution in [0.15, 0.2) is 60.3 Å². The van der Waals surface area contributed by atoms with Crippen molar-refractivity contribution in [1.82, 2.24) is 4.98 Å². The topological polar surface area (TPSA) is 164 Å². The number of allylic oxidation sites excluding steroid dienone is 1. The van der Waals surface area contributed by atoms with Crippen molar-refractivity contribution in [2.75, 3.05) is 36.6 Å². The van der Waals surface area contributed by atoms with E-state index in [9.17, 15) is 19.5 Å². The van der Waals surface area contributed by atoms with E-state index in [1.165, 1.54) is 31.5 Å². The van der Waals surface area contributed by atoms with Gasteiger partial charge in [-0.15, -0.1) is 0 Å². The minimum Gasteiger partial charge on any atom is -0.494 e. The van der Waals surface area contributed by atoms with Crippen LogP contribution in [0.25, 0.3) is 0 Å². The summed E-state index contributed by atoms with van der Waals surface area (Å²) in [6, 6.07) is 11.8. The van der Waals surface area contributed by atoms with Gasteiger partial charge in [0.15, 0.2) is 5.82 Å². The molecular weight excluding hydrogens is 483 g/mol. The fourth-order valence-corrected chi connectivity index (χ4v) is 4.20. The summed E-state index contributed by atoms with van der Waals surface area (Å²) in [6.45, 7) is 0.442. The molecule has 0 fully saturated rings. The highest BCUT2D eigenvalue weighted by atomic mass is 19.1. The molecule has 0 amide bonds. The van der Waals surface area contributed by atoms with Gasteiger partial charge in [-0.3, -0.25) is 4.79 Å². The third-order valence-corrected chi connectivity index (χ3v) is 5.92. The number of hydrogen-bond donors (Lipinski definition) is 5. The molecule has 6 N–H and O–H groups in total. The Hall–Kier alpha value is -4.93. The Balaban J connectivity index is 1.68. The summed E-state index contributed by atoms with van der Waals surface area (Å²) in [5, 5.41) is 24.5. The Morgan fingerprint density at radius 1 is 1.08 bits per heavy atom. The smallest absolute Gasteiger partial charge is 0.339 e. The lowest BCUT2D eigenvalue weighted by molar-refractivity contribution is -0.132. The van der Waals surface area contributed by atoms with Gasteiger partial charge in [0.25, 0.3) is 0 Å². The van der Waals surface area contributed by atoms with Gasteiger partial charge in [0.2, 0.25) is 5.78 Å². The number of nitrogen functional groups attached to an aromatic ring is 1. The van der Waals surface area contributed by atoms with Crippen molar-refractivity contribution in [1.29, 1.82) is 0 Å². The van der Waals surface area contributed by atoms with E-state index in [0.29, 0.717) is 11.4 Å². The van der Waals surface area contributed by atoms with Gasteiger partial charge in [-0.2, -0.15) is 0 Å². The van der Waals surface area contributed by atoms with Crippen LogP contribution in [0.4, 0.5) is 21.6 Å². The summed E-state index contributed by atoms with van der Waals surface area (Å²) in [6.07, 6.45) is 2.53. The van der Waals surface area contributed by atoms with E-state index >= 15 is 4.39 Å². The molecule has 37 heavy (non-hydrogen) atoms. The van der Waals surface area contributed by atoms with E-state index in [-0.39, 0.29) is 41.2 Å². The van der Waals surface area contributed by atoms with Crippen LogP contribution in [-0.4, -0.2) is 53.1 Å². The molecule has 0 radical (unpaired) electrons. The highest BCUT2D eigenvalue weighted by Gasteiger charge is 2.38. The molecule has 1 aromatic heterocycles. The van der Waals surface area contributed by atoms with Crippen molar-refractivity contribution in [3.8, 4) is 5.75 Å². The number of aromatic nitrogens is 1.